The number of rotatable bonds is 4. The standard InChI is InChI=1S/C14H23N3O/c1-4-17-14(8-11(2)15-17)10-16-7-5-6-13(9-16)12(3)18/h8,13H,4-7,9-10H2,1-3H3. The van der Waals surface area contributed by atoms with Crippen molar-refractivity contribution >= 4 is 5.78 Å². The molecule has 4 heteroatoms. The number of aromatic nitrogens is 2. The number of piperidine rings is 1. The van der Waals surface area contributed by atoms with Crippen molar-refractivity contribution in [3.05, 3.63) is 17.5 Å². The van der Waals surface area contributed by atoms with Crippen molar-refractivity contribution in [1.82, 2.24) is 14.7 Å². The highest BCUT2D eigenvalue weighted by molar-refractivity contribution is 5.78. The maximum atomic E-state index is 11.5. The summed E-state index contributed by atoms with van der Waals surface area (Å²) in [6, 6.07) is 2.15. The van der Waals surface area contributed by atoms with Gasteiger partial charge in [-0.15, -0.1) is 0 Å². The van der Waals surface area contributed by atoms with E-state index in [1.165, 1.54) is 5.69 Å². The first kappa shape index (κ1) is 13.3. The van der Waals surface area contributed by atoms with Gasteiger partial charge in [0.15, 0.2) is 0 Å². The summed E-state index contributed by atoms with van der Waals surface area (Å²) in [4.78, 5) is 13.9. The molecule has 0 spiro atoms. The molecule has 0 N–H and O–H groups in total. The molecular weight excluding hydrogens is 226 g/mol. The molecule has 1 atom stereocenters. The van der Waals surface area contributed by atoms with Crippen LogP contribution < -0.4 is 0 Å². The number of aryl methyl sites for hydroxylation is 2. The Hall–Kier alpha value is -1.16. The maximum absolute atomic E-state index is 11.5. The van der Waals surface area contributed by atoms with Crippen molar-refractivity contribution in [3.63, 3.8) is 0 Å². The van der Waals surface area contributed by atoms with Crippen LogP contribution in [0.25, 0.3) is 0 Å². The summed E-state index contributed by atoms with van der Waals surface area (Å²) in [5, 5.41) is 4.47. The minimum Gasteiger partial charge on any atom is -0.300 e. The second-order valence-corrected chi connectivity index (χ2v) is 5.28. The second-order valence-electron chi connectivity index (χ2n) is 5.28. The molecule has 0 saturated carbocycles. The van der Waals surface area contributed by atoms with Gasteiger partial charge in [-0.3, -0.25) is 14.4 Å². The average molecular weight is 249 g/mol. The molecule has 18 heavy (non-hydrogen) atoms. The zero-order chi connectivity index (χ0) is 13.1. The van der Waals surface area contributed by atoms with Gasteiger partial charge in [0.25, 0.3) is 0 Å². The SMILES string of the molecule is CCn1nc(C)cc1CN1CCCC(C(C)=O)C1. The molecule has 1 saturated heterocycles. The molecule has 4 nitrogen and oxygen atoms in total. The number of likely N-dealkylation sites (tertiary alicyclic amines) is 1. The van der Waals surface area contributed by atoms with E-state index in [-0.39, 0.29) is 5.92 Å². The average Bonchev–Trinajstić information content (AvgIpc) is 2.69. The highest BCUT2D eigenvalue weighted by Crippen LogP contribution is 2.19. The molecular formula is C14H23N3O. The van der Waals surface area contributed by atoms with Gasteiger partial charge < -0.3 is 0 Å². The number of Topliss-reactive ketones (excluding diaryl/α,β-unsaturated/α-hetero) is 1. The van der Waals surface area contributed by atoms with Crippen molar-refractivity contribution in [2.45, 2.75) is 46.7 Å². The van der Waals surface area contributed by atoms with E-state index in [1.54, 1.807) is 6.92 Å². The van der Waals surface area contributed by atoms with Crippen molar-refractivity contribution in [1.29, 1.82) is 0 Å². The molecule has 2 rings (SSSR count). The monoisotopic (exact) mass is 249 g/mol. The Balaban J connectivity index is 2.02. The number of hydrogen-bond donors (Lipinski definition) is 0. The third-order valence-corrected chi connectivity index (χ3v) is 3.75. The molecule has 1 aliphatic heterocycles. The van der Waals surface area contributed by atoms with E-state index < -0.39 is 0 Å². The number of carbonyl (C=O) groups is 1. The van der Waals surface area contributed by atoms with Gasteiger partial charge in [0, 0.05) is 25.6 Å². The third-order valence-electron chi connectivity index (χ3n) is 3.75. The minimum absolute atomic E-state index is 0.234. The largest absolute Gasteiger partial charge is 0.300 e. The summed E-state index contributed by atoms with van der Waals surface area (Å²) in [7, 11) is 0. The molecule has 1 unspecified atom stereocenters. The van der Waals surface area contributed by atoms with Crippen LogP contribution in [-0.4, -0.2) is 33.6 Å². The molecule has 0 aromatic carbocycles. The van der Waals surface area contributed by atoms with Crippen LogP contribution in [0.3, 0.4) is 0 Å². The quantitative estimate of drug-likeness (QED) is 0.819. The molecule has 2 heterocycles. The maximum Gasteiger partial charge on any atom is 0.134 e. The number of carbonyl (C=O) groups excluding carboxylic acids is 1. The number of hydrogen-bond acceptors (Lipinski definition) is 3. The highest BCUT2D eigenvalue weighted by Gasteiger charge is 2.23. The van der Waals surface area contributed by atoms with Gasteiger partial charge in [-0.2, -0.15) is 5.10 Å². The van der Waals surface area contributed by atoms with Gasteiger partial charge in [0.1, 0.15) is 5.78 Å². The lowest BCUT2D eigenvalue weighted by atomic mass is 9.94. The molecule has 0 amide bonds. The van der Waals surface area contributed by atoms with E-state index in [1.807, 2.05) is 6.92 Å². The van der Waals surface area contributed by atoms with E-state index >= 15 is 0 Å². The van der Waals surface area contributed by atoms with Gasteiger partial charge in [-0.05, 0) is 46.2 Å². The molecule has 0 radical (unpaired) electrons. The van der Waals surface area contributed by atoms with E-state index in [0.29, 0.717) is 5.78 Å². The second kappa shape index (κ2) is 5.65. The lowest BCUT2D eigenvalue weighted by Crippen LogP contribution is -2.38. The third kappa shape index (κ3) is 2.99. The molecule has 0 aliphatic carbocycles. The highest BCUT2D eigenvalue weighted by atomic mass is 16.1. The Labute approximate surface area is 109 Å². The first-order valence-electron chi connectivity index (χ1n) is 6.86. The molecule has 0 bridgehead atoms. The van der Waals surface area contributed by atoms with Crippen molar-refractivity contribution in [2.75, 3.05) is 13.1 Å². The van der Waals surface area contributed by atoms with Crippen LogP contribution in [0.5, 0.6) is 0 Å². The topological polar surface area (TPSA) is 38.1 Å². The van der Waals surface area contributed by atoms with Crippen LogP contribution >= 0.6 is 0 Å². The Bertz CT molecular complexity index is 425. The molecule has 1 aliphatic rings. The lowest BCUT2D eigenvalue weighted by molar-refractivity contribution is -0.122. The molecule has 100 valence electrons. The van der Waals surface area contributed by atoms with Crippen LogP contribution in [0, 0.1) is 12.8 Å². The summed E-state index contributed by atoms with van der Waals surface area (Å²) in [5.41, 5.74) is 2.34. The summed E-state index contributed by atoms with van der Waals surface area (Å²) < 4.78 is 2.06. The van der Waals surface area contributed by atoms with E-state index in [0.717, 1.165) is 44.7 Å². The van der Waals surface area contributed by atoms with Crippen molar-refractivity contribution in [2.24, 2.45) is 5.92 Å². The van der Waals surface area contributed by atoms with Gasteiger partial charge in [0.05, 0.1) is 11.4 Å². The van der Waals surface area contributed by atoms with Crippen LogP contribution in [0.2, 0.25) is 0 Å². The summed E-state index contributed by atoms with van der Waals surface area (Å²) in [6.45, 7) is 9.69. The molecule has 1 aromatic rings. The van der Waals surface area contributed by atoms with E-state index in [4.69, 9.17) is 0 Å². The zero-order valence-corrected chi connectivity index (χ0v) is 11.6. The predicted octanol–water partition coefficient (Wildman–Crippen LogP) is 2.01. The lowest BCUT2D eigenvalue weighted by Gasteiger charge is -2.31. The Morgan fingerprint density at radius 1 is 1.56 bits per heavy atom. The van der Waals surface area contributed by atoms with Crippen LogP contribution in [0.1, 0.15) is 38.1 Å². The summed E-state index contributed by atoms with van der Waals surface area (Å²) in [5.74, 6) is 0.567. The van der Waals surface area contributed by atoms with Crippen LogP contribution in [0.15, 0.2) is 6.07 Å². The van der Waals surface area contributed by atoms with Gasteiger partial charge in [0.2, 0.25) is 0 Å². The first-order chi connectivity index (χ1) is 8.60. The predicted molar refractivity (Wildman–Crippen MR) is 71.3 cm³/mol. The zero-order valence-electron chi connectivity index (χ0n) is 11.6. The summed E-state index contributed by atoms with van der Waals surface area (Å²) in [6.07, 6.45) is 2.18. The van der Waals surface area contributed by atoms with Crippen molar-refractivity contribution < 1.29 is 4.79 Å². The molecule has 1 aromatic heterocycles. The van der Waals surface area contributed by atoms with Gasteiger partial charge in [-0.25, -0.2) is 0 Å². The smallest absolute Gasteiger partial charge is 0.134 e. The number of ketones is 1. The Kier molecular flexibility index (Phi) is 4.17. The first-order valence-corrected chi connectivity index (χ1v) is 6.86. The normalized spacial score (nSPS) is 21.2. The number of nitrogens with zero attached hydrogens (tertiary/aromatic N) is 3. The van der Waals surface area contributed by atoms with Crippen LogP contribution in [-0.2, 0) is 17.9 Å². The fourth-order valence-electron chi connectivity index (χ4n) is 2.76. The van der Waals surface area contributed by atoms with Gasteiger partial charge in [-0.1, -0.05) is 0 Å². The Morgan fingerprint density at radius 2 is 2.33 bits per heavy atom. The Morgan fingerprint density at radius 3 is 3.00 bits per heavy atom. The van der Waals surface area contributed by atoms with E-state index in [9.17, 15) is 4.79 Å². The summed E-state index contributed by atoms with van der Waals surface area (Å²) >= 11 is 0. The molecule has 1 fully saturated rings. The fraction of sp³-hybridized carbons (Fsp3) is 0.714. The van der Waals surface area contributed by atoms with Crippen molar-refractivity contribution in [3.8, 4) is 0 Å². The minimum atomic E-state index is 0.234. The van der Waals surface area contributed by atoms with Crippen LogP contribution in [0.4, 0.5) is 0 Å². The van der Waals surface area contributed by atoms with Gasteiger partial charge >= 0.3 is 0 Å². The van der Waals surface area contributed by atoms with E-state index in [2.05, 4.69) is 27.7 Å². The fourth-order valence-corrected chi connectivity index (χ4v) is 2.76.